The van der Waals surface area contributed by atoms with Crippen LogP contribution in [0.15, 0.2) is 18.2 Å². The van der Waals surface area contributed by atoms with E-state index in [1.807, 2.05) is 6.07 Å². The molecule has 1 aromatic carbocycles. The van der Waals surface area contributed by atoms with Crippen molar-refractivity contribution in [3.05, 3.63) is 23.8 Å². The second-order valence-corrected chi connectivity index (χ2v) is 3.00. The number of esters is 1. The number of methoxy groups -OCH3 is 1. The molecule has 1 aromatic rings. The summed E-state index contributed by atoms with van der Waals surface area (Å²) >= 11 is 0. The molecule has 0 atom stereocenters. The fourth-order valence-electron chi connectivity index (χ4n) is 1.13. The molecule has 0 aliphatic rings. The SMILES string of the molecule is COC(=O)c1cc(OCCC#N)ccc1N. The highest BCUT2D eigenvalue weighted by Crippen LogP contribution is 2.20. The Hall–Kier alpha value is -2.22. The molecule has 0 aliphatic heterocycles. The predicted octanol–water partition coefficient (Wildman–Crippen LogP) is 1.35. The smallest absolute Gasteiger partial charge is 0.340 e. The molecule has 0 saturated carbocycles. The molecular formula is C11H12N2O3. The second kappa shape index (κ2) is 5.61. The topological polar surface area (TPSA) is 85.3 Å². The van der Waals surface area contributed by atoms with Crippen molar-refractivity contribution >= 4 is 11.7 Å². The maximum atomic E-state index is 11.3. The Morgan fingerprint density at radius 3 is 2.94 bits per heavy atom. The molecule has 0 fully saturated rings. The molecular weight excluding hydrogens is 208 g/mol. The number of nitrogens with two attached hydrogens (primary N) is 1. The molecule has 0 radical (unpaired) electrons. The summed E-state index contributed by atoms with van der Waals surface area (Å²) in [6, 6.07) is 6.66. The van der Waals surface area contributed by atoms with Gasteiger partial charge in [0.25, 0.3) is 0 Å². The summed E-state index contributed by atoms with van der Waals surface area (Å²) in [4.78, 5) is 11.3. The Morgan fingerprint density at radius 2 is 2.31 bits per heavy atom. The summed E-state index contributed by atoms with van der Waals surface area (Å²) in [5.74, 6) is -0.0203. The third kappa shape index (κ3) is 2.89. The number of hydrogen-bond acceptors (Lipinski definition) is 5. The number of hydrogen-bond donors (Lipinski definition) is 1. The van der Waals surface area contributed by atoms with E-state index < -0.39 is 5.97 Å². The van der Waals surface area contributed by atoms with Crippen LogP contribution < -0.4 is 10.5 Å². The number of nitrogens with zero attached hydrogens (tertiary/aromatic N) is 1. The second-order valence-electron chi connectivity index (χ2n) is 3.00. The number of rotatable bonds is 4. The third-order valence-electron chi connectivity index (χ3n) is 1.91. The largest absolute Gasteiger partial charge is 0.492 e. The lowest BCUT2D eigenvalue weighted by atomic mass is 10.2. The number of nitrogen functional groups attached to an aromatic ring is 1. The number of benzene rings is 1. The van der Waals surface area contributed by atoms with Crippen molar-refractivity contribution in [2.75, 3.05) is 19.5 Å². The molecule has 5 nitrogen and oxygen atoms in total. The van der Waals surface area contributed by atoms with Gasteiger partial charge in [-0.1, -0.05) is 0 Å². The average molecular weight is 220 g/mol. The van der Waals surface area contributed by atoms with Gasteiger partial charge in [-0.3, -0.25) is 0 Å². The number of ether oxygens (including phenoxy) is 2. The van der Waals surface area contributed by atoms with Crippen LogP contribution in [0.4, 0.5) is 5.69 Å². The molecule has 0 saturated heterocycles. The first-order valence-corrected chi connectivity index (χ1v) is 4.66. The molecule has 5 heteroatoms. The molecule has 0 aliphatic carbocycles. The monoisotopic (exact) mass is 220 g/mol. The van der Waals surface area contributed by atoms with E-state index in [0.717, 1.165) is 0 Å². The highest BCUT2D eigenvalue weighted by atomic mass is 16.5. The van der Waals surface area contributed by atoms with Crippen LogP contribution in [0.1, 0.15) is 16.8 Å². The van der Waals surface area contributed by atoms with E-state index in [-0.39, 0.29) is 18.6 Å². The molecule has 2 N–H and O–H groups in total. The minimum atomic E-state index is -0.511. The Balaban J connectivity index is 2.82. The Morgan fingerprint density at radius 1 is 1.56 bits per heavy atom. The maximum Gasteiger partial charge on any atom is 0.340 e. The quantitative estimate of drug-likeness (QED) is 0.470. The van der Waals surface area contributed by atoms with Gasteiger partial charge in [0.1, 0.15) is 12.4 Å². The molecule has 0 aromatic heterocycles. The Kier molecular flexibility index (Phi) is 4.16. The van der Waals surface area contributed by atoms with E-state index in [1.165, 1.54) is 13.2 Å². The van der Waals surface area contributed by atoms with E-state index in [2.05, 4.69) is 4.74 Å². The number of nitriles is 1. The third-order valence-corrected chi connectivity index (χ3v) is 1.91. The van der Waals surface area contributed by atoms with Gasteiger partial charge < -0.3 is 15.2 Å². The molecule has 0 heterocycles. The van der Waals surface area contributed by atoms with Crippen molar-refractivity contribution in [2.45, 2.75) is 6.42 Å². The van der Waals surface area contributed by atoms with E-state index >= 15 is 0 Å². The first-order valence-electron chi connectivity index (χ1n) is 4.66. The summed E-state index contributed by atoms with van der Waals surface area (Å²) < 4.78 is 9.82. The van der Waals surface area contributed by atoms with Crippen molar-refractivity contribution in [3.8, 4) is 11.8 Å². The normalized spacial score (nSPS) is 9.25. The average Bonchev–Trinajstić information content (AvgIpc) is 2.30. The highest BCUT2D eigenvalue weighted by molar-refractivity contribution is 5.95. The fourth-order valence-corrected chi connectivity index (χ4v) is 1.13. The lowest BCUT2D eigenvalue weighted by Gasteiger charge is -2.07. The van der Waals surface area contributed by atoms with E-state index in [1.54, 1.807) is 12.1 Å². The van der Waals surface area contributed by atoms with Gasteiger partial charge in [-0.2, -0.15) is 5.26 Å². The van der Waals surface area contributed by atoms with E-state index in [4.69, 9.17) is 15.7 Å². The van der Waals surface area contributed by atoms with Gasteiger partial charge in [0.2, 0.25) is 0 Å². The van der Waals surface area contributed by atoms with E-state index in [9.17, 15) is 4.79 Å². The van der Waals surface area contributed by atoms with Gasteiger partial charge >= 0.3 is 5.97 Å². The lowest BCUT2D eigenvalue weighted by molar-refractivity contribution is 0.0601. The zero-order valence-electron chi connectivity index (χ0n) is 8.90. The van der Waals surface area contributed by atoms with Gasteiger partial charge in [0.05, 0.1) is 25.2 Å². The first kappa shape index (κ1) is 11.9. The van der Waals surface area contributed by atoms with Crippen molar-refractivity contribution < 1.29 is 14.3 Å². The van der Waals surface area contributed by atoms with Gasteiger partial charge in [0.15, 0.2) is 0 Å². The van der Waals surface area contributed by atoms with Crippen molar-refractivity contribution in [1.82, 2.24) is 0 Å². The number of carbonyl (C=O) groups excluding carboxylic acids is 1. The molecule has 0 bridgehead atoms. The Bertz CT molecular complexity index is 424. The summed E-state index contributed by atoms with van der Waals surface area (Å²) in [5.41, 5.74) is 6.21. The highest BCUT2D eigenvalue weighted by Gasteiger charge is 2.10. The number of carbonyl (C=O) groups is 1. The molecule has 0 amide bonds. The van der Waals surface area contributed by atoms with Crippen molar-refractivity contribution in [2.24, 2.45) is 0 Å². The van der Waals surface area contributed by atoms with Crippen LogP contribution in [0.25, 0.3) is 0 Å². The van der Waals surface area contributed by atoms with Crippen LogP contribution in [0.5, 0.6) is 5.75 Å². The van der Waals surface area contributed by atoms with Crippen LogP contribution in [-0.4, -0.2) is 19.7 Å². The molecule has 0 spiro atoms. The minimum absolute atomic E-state index is 0.261. The molecule has 1 rings (SSSR count). The fraction of sp³-hybridized carbons (Fsp3) is 0.273. The maximum absolute atomic E-state index is 11.3. The molecule has 84 valence electrons. The summed E-state index contributed by atoms with van der Waals surface area (Å²) in [6.07, 6.45) is 0.290. The lowest BCUT2D eigenvalue weighted by Crippen LogP contribution is -2.06. The zero-order chi connectivity index (χ0) is 12.0. The van der Waals surface area contributed by atoms with Crippen molar-refractivity contribution in [3.63, 3.8) is 0 Å². The summed E-state index contributed by atoms with van der Waals surface area (Å²) in [6.45, 7) is 0.279. The van der Waals surface area contributed by atoms with Gasteiger partial charge in [-0.15, -0.1) is 0 Å². The van der Waals surface area contributed by atoms with Crippen LogP contribution in [0, 0.1) is 11.3 Å². The summed E-state index contributed by atoms with van der Waals surface area (Å²) in [5, 5.41) is 8.35. The number of anilines is 1. The predicted molar refractivity (Wildman–Crippen MR) is 57.9 cm³/mol. The molecule has 16 heavy (non-hydrogen) atoms. The van der Waals surface area contributed by atoms with Gasteiger partial charge in [0, 0.05) is 5.69 Å². The zero-order valence-corrected chi connectivity index (χ0v) is 8.90. The van der Waals surface area contributed by atoms with Crippen LogP contribution in [0.2, 0.25) is 0 Å². The van der Waals surface area contributed by atoms with E-state index in [0.29, 0.717) is 11.4 Å². The van der Waals surface area contributed by atoms with Gasteiger partial charge in [-0.25, -0.2) is 4.79 Å². The van der Waals surface area contributed by atoms with Crippen molar-refractivity contribution in [1.29, 1.82) is 5.26 Å². The van der Waals surface area contributed by atoms with Crippen LogP contribution in [0.3, 0.4) is 0 Å². The Labute approximate surface area is 93.4 Å². The first-order chi connectivity index (χ1) is 7.69. The molecule has 0 unspecified atom stereocenters. The van der Waals surface area contributed by atoms with Crippen LogP contribution >= 0.6 is 0 Å². The minimum Gasteiger partial charge on any atom is -0.492 e. The standard InChI is InChI=1S/C11H12N2O3/c1-15-11(14)9-7-8(3-4-10(9)13)16-6-2-5-12/h3-4,7H,2,6,13H2,1H3. The summed E-state index contributed by atoms with van der Waals surface area (Å²) in [7, 11) is 1.28. The van der Waals surface area contributed by atoms with Crippen LogP contribution in [-0.2, 0) is 4.74 Å². The van der Waals surface area contributed by atoms with Gasteiger partial charge in [-0.05, 0) is 18.2 Å².